The van der Waals surface area contributed by atoms with Gasteiger partial charge in [0.25, 0.3) is 0 Å². The van der Waals surface area contributed by atoms with Gasteiger partial charge in [-0.3, -0.25) is 0 Å². The van der Waals surface area contributed by atoms with Crippen molar-refractivity contribution < 1.29 is 4.42 Å². The topological polar surface area (TPSA) is 16.4 Å². The number of hydrogen-bond acceptors (Lipinski definition) is 2. The van der Waals surface area contributed by atoms with Crippen LogP contribution in [-0.2, 0) is 5.41 Å². The van der Waals surface area contributed by atoms with Crippen molar-refractivity contribution in [1.82, 2.24) is 0 Å². The van der Waals surface area contributed by atoms with Crippen LogP contribution >= 0.6 is 0 Å². The van der Waals surface area contributed by atoms with E-state index in [1.54, 1.807) is 0 Å². The molecule has 262 valence electrons. The lowest BCUT2D eigenvalue weighted by atomic mass is 9.59. The second-order valence-electron chi connectivity index (χ2n) is 15.8. The van der Waals surface area contributed by atoms with E-state index in [0.717, 1.165) is 39.0 Å². The number of para-hydroxylation sites is 2. The van der Waals surface area contributed by atoms with Crippen molar-refractivity contribution in [2.45, 2.75) is 43.4 Å². The van der Waals surface area contributed by atoms with Crippen molar-refractivity contribution >= 4 is 49.8 Å². The maximum atomic E-state index is 6.47. The highest BCUT2D eigenvalue weighted by Gasteiger charge is 2.51. The molecule has 1 atom stereocenters. The first-order valence-corrected chi connectivity index (χ1v) is 20.0. The Hall–Kier alpha value is -6.38. The van der Waals surface area contributed by atoms with Gasteiger partial charge >= 0.3 is 0 Å². The lowest BCUT2D eigenvalue weighted by Gasteiger charge is -2.43. The number of benzene rings is 8. The summed E-state index contributed by atoms with van der Waals surface area (Å²) >= 11 is 0. The Morgan fingerprint density at radius 3 is 1.95 bits per heavy atom. The van der Waals surface area contributed by atoms with E-state index < -0.39 is 5.41 Å². The average molecular weight is 706 g/mol. The zero-order chi connectivity index (χ0) is 36.1. The smallest absolute Gasteiger partial charge is 0.137 e. The Kier molecular flexibility index (Phi) is 6.66. The van der Waals surface area contributed by atoms with Gasteiger partial charge in [-0.25, -0.2) is 0 Å². The summed E-state index contributed by atoms with van der Waals surface area (Å²) in [4.78, 5) is 2.41. The van der Waals surface area contributed by atoms with E-state index in [0.29, 0.717) is 5.92 Å². The van der Waals surface area contributed by atoms with E-state index in [2.05, 4.69) is 169 Å². The van der Waals surface area contributed by atoms with Crippen molar-refractivity contribution in [3.05, 3.63) is 198 Å². The van der Waals surface area contributed by atoms with Crippen molar-refractivity contribution in [2.24, 2.45) is 0 Å². The summed E-state index contributed by atoms with van der Waals surface area (Å²) in [6.45, 7) is 0. The lowest BCUT2D eigenvalue weighted by Crippen LogP contribution is -2.34. The highest BCUT2D eigenvalue weighted by molar-refractivity contribution is 6.09. The van der Waals surface area contributed by atoms with Crippen LogP contribution in [0.3, 0.4) is 0 Å². The van der Waals surface area contributed by atoms with Gasteiger partial charge in [0.05, 0.1) is 5.41 Å². The number of furan rings is 1. The fraction of sp³-hybridized carbons (Fsp3) is 0.132. The zero-order valence-electron chi connectivity index (χ0n) is 30.6. The van der Waals surface area contributed by atoms with E-state index in [4.69, 9.17) is 4.42 Å². The predicted octanol–water partition coefficient (Wildman–Crippen LogP) is 14.6. The summed E-state index contributed by atoms with van der Waals surface area (Å²) in [6, 6.07) is 63.5. The van der Waals surface area contributed by atoms with E-state index in [1.165, 1.54) is 92.9 Å². The third kappa shape index (κ3) is 4.31. The zero-order valence-corrected chi connectivity index (χ0v) is 30.6. The van der Waals surface area contributed by atoms with Crippen LogP contribution in [-0.4, -0.2) is 0 Å². The van der Waals surface area contributed by atoms with Crippen LogP contribution in [0.2, 0.25) is 0 Å². The van der Waals surface area contributed by atoms with Crippen LogP contribution in [0.1, 0.15) is 65.8 Å². The molecule has 1 spiro atoms. The summed E-state index contributed by atoms with van der Waals surface area (Å²) in [5.74, 6) is 0.541. The Balaban J connectivity index is 1.18. The number of nitrogens with zero attached hydrogens (tertiary/aromatic N) is 1. The predicted molar refractivity (Wildman–Crippen MR) is 228 cm³/mol. The minimum absolute atomic E-state index is 0.482. The summed E-state index contributed by atoms with van der Waals surface area (Å²) < 4.78 is 6.47. The van der Waals surface area contributed by atoms with Gasteiger partial charge in [0.15, 0.2) is 0 Å². The molecule has 1 heterocycles. The molecule has 0 bridgehead atoms. The average Bonchev–Trinajstić information content (AvgIpc) is 3.76. The van der Waals surface area contributed by atoms with Crippen LogP contribution < -0.4 is 4.90 Å². The third-order valence-electron chi connectivity index (χ3n) is 13.0. The summed E-state index contributed by atoms with van der Waals surface area (Å²) in [6.07, 6.45) is 6.43. The van der Waals surface area contributed by atoms with Crippen LogP contribution in [0.25, 0.3) is 55.0 Å². The standard InChI is InChI=1S/C53H39NO/c1-3-14-34(15-4-1)39-29-26-35-16-13-22-45-41-20-8-11-24-47(41)53(52(39)51(35)45)46-23-10-7-19-40(46)42-30-27-37(32-48(42)53)54(36-17-5-2-6-18-36)38-28-31-44-43-21-9-12-25-49(43)55-50(44)33-38/h2,5-13,16-34H,1,3-4,14-15H2. The number of fused-ring (bicyclic) bond motifs is 12. The van der Waals surface area contributed by atoms with Gasteiger partial charge in [0.1, 0.15) is 11.2 Å². The van der Waals surface area contributed by atoms with E-state index in [1.807, 2.05) is 6.07 Å². The fourth-order valence-corrected chi connectivity index (χ4v) is 10.8. The first-order valence-electron chi connectivity index (χ1n) is 20.0. The lowest BCUT2D eigenvalue weighted by molar-refractivity contribution is 0.440. The first kappa shape index (κ1) is 31.0. The minimum Gasteiger partial charge on any atom is -0.456 e. The quantitative estimate of drug-likeness (QED) is 0.181. The minimum atomic E-state index is -0.482. The Labute approximate surface area is 321 Å². The molecule has 12 rings (SSSR count). The van der Waals surface area contributed by atoms with E-state index in [-0.39, 0.29) is 0 Å². The second-order valence-corrected chi connectivity index (χ2v) is 15.8. The first-order chi connectivity index (χ1) is 27.3. The molecule has 1 aromatic heterocycles. The van der Waals surface area contributed by atoms with Gasteiger partial charge in [0.2, 0.25) is 0 Å². The third-order valence-corrected chi connectivity index (χ3v) is 13.0. The highest BCUT2D eigenvalue weighted by Crippen LogP contribution is 2.64. The molecule has 2 heteroatoms. The van der Waals surface area contributed by atoms with Gasteiger partial charge in [-0.1, -0.05) is 141 Å². The summed E-state index contributed by atoms with van der Waals surface area (Å²) in [5.41, 5.74) is 17.2. The molecule has 1 saturated carbocycles. The Morgan fingerprint density at radius 1 is 0.455 bits per heavy atom. The van der Waals surface area contributed by atoms with Crippen LogP contribution in [0.4, 0.5) is 17.1 Å². The second kappa shape index (κ2) is 11.8. The van der Waals surface area contributed by atoms with E-state index >= 15 is 0 Å². The normalized spacial score (nSPS) is 17.1. The van der Waals surface area contributed by atoms with E-state index in [9.17, 15) is 0 Å². The largest absolute Gasteiger partial charge is 0.456 e. The molecule has 8 aromatic carbocycles. The van der Waals surface area contributed by atoms with Gasteiger partial charge in [-0.15, -0.1) is 0 Å². The molecule has 3 aliphatic rings. The monoisotopic (exact) mass is 705 g/mol. The van der Waals surface area contributed by atoms with Gasteiger partial charge in [-0.05, 0) is 122 Å². The van der Waals surface area contributed by atoms with Crippen molar-refractivity contribution in [3.63, 3.8) is 0 Å². The molecule has 2 nitrogen and oxygen atoms in total. The van der Waals surface area contributed by atoms with Crippen molar-refractivity contribution in [2.75, 3.05) is 4.90 Å². The number of anilines is 3. The molecule has 1 unspecified atom stereocenters. The van der Waals surface area contributed by atoms with Gasteiger partial charge in [-0.2, -0.15) is 0 Å². The van der Waals surface area contributed by atoms with Crippen molar-refractivity contribution in [3.8, 4) is 22.3 Å². The van der Waals surface area contributed by atoms with Crippen LogP contribution in [0, 0.1) is 0 Å². The molecule has 9 aromatic rings. The molecular weight excluding hydrogens is 667 g/mol. The Bertz CT molecular complexity index is 2980. The maximum Gasteiger partial charge on any atom is 0.137 e. The highest BCUT2D eigenvalue weighted by atomic mass is 16.3. The van der Waals surface area contributed by atoms with Gasteiger partial charge in [0, 0.05) is 33.9 Å². The molecular formula is C53H39NO. The molecule has 0 amide bonds. The van der Waals surface area contributed by atoms with Crippen molar-refractivity contribution in [1.29, 1.82) is 0 Å². The molecule has 0 saturated heterocycles. The van der Waals surface area contributed by atoms with Gasteiger partial charge < -0.3 is 9.32 Å². The molecule has 0 radical (unpaired) electrons. The summed E-state index contributed by atoms with van der Waals surface area (Å²) in [5, 5.41) is 5.03. The molecule has 3 aliphatic carbocycles. The number of rotatable bonds is 4. The maximum absolute atomic E-state index is 6.47. The molecule has 0 N–H and O–H groups in total. The Morgan fingerprint density at radius 2 is 1.11 bits per heavy atom. The molecule has 55 heavy (non-hydrogen) atoms. The fourth-order valence-electron chi connectivity index (χ4n) is 10.8. The van der Waals surface area contributed by atoms with Crippen LogP contribution in [0.15, 0.2) is 174 Å². The summed E-state index contributed by atoms with van der Waals surface area (Å²) in [7, 11) is 0. The molecule has 0 aliphatic heterocycles. The molecule has 1 fully saturated rings. The van der Waals surface area contributed by atoms with Crippen LogP contribution in [0.5, 0.6) is 0 Å². The SMILES string of the molecule is c1ccc(N(c2ccc3c(c2)C2(c4ccccc4-3)c3ccccc3-c3cccc4ccc(C5CCCCC5)c2c34)c2ccc3c(c2)oc2ccccc23)cc1. The number of hydrogen-bond donors (Lipinski definition) is 0.